The maximum atomic E-state index is 12.0. The van der Waals surface area contributed by atoms with Crippen molar-refractivity contribution in [3.8, 4) is 6.07 Å². The first-order valence-corrected chi connectivity index (χ1v) is 7.53. The number of hydrogen-bond acceptors (Lipinski definition) is 5. The largest absolute Gasteiger partial charge is 0.467 e. The summed E-state index contributed by atoms with van der Waals surface area (Å²) in [5.74, 6) is 1.45. The summed E-state index contributed by atoms with van der Waals surface area (Å²) in [5.41, 5.74) is -0.00104. The molecule has 0 radical (unpaired) electrons. The molecule has 0 spiro atoms. The SMILES string of the molecule is N#CC(=Cc1ccc(N2CCCC2)o1)C(=O)NCc1ccco1. The van der Waals surface area contributed by atoms with E-state index in [9.17, 15) is 10.1 Å². The van der Waals surface area contributed by atoms with Crippen molar-refractivity contribution in [2.75, 3.05) is 18.0 Å². The fourth-order valence-electron chi connectivity index (χ4n) is 2.49. The molecular weight excluding hydrogens is 294 g/mol. The Labute approximate surface area is 134 Å². The van der Waals surface area contributed by atoms with E-state index < -0.39 is 5.91 Å². The van der Waals surface area contributed by atoms with Crippen molar-refractivity contribution >= 4 is 17.9 Å². The molecule has 6 heteroatoms. The van der Waals surface area contributed by atoms with Gasteiger partial charge in [-0.15, -0.1) is 0 Å². The van der Waals surface area contributed by atoms with Crippen molar-refractivity contribution in [2.45, 2.75) is 19.4 Å². The number of hydrogen-bond donors (Lipinski definition) is 1. The average Bonchev–Trinajstić information content (AvgIpc) is 3.32. The molecule has 118 valence electrons. The van der Waals surface area contributed by atoms with Gasteiger partial charge in [0.25, 0.3) is 5.91 Å². The Morgan fingerprint density at radius 2 is 2.17 bits per heavy atom. The van der Waals surface area contributed by atoms with Crippen molar-refractivity contribution < 1.29 is 13.6 Å². The summed E-state index contributed by atoms with van der Waals surface area (Å²) < 4.78 is 10.8. The molecule has 2 aromatic rings. The number of nitrogens with one attached hydrogen (secondary N) is 1. The summed E-state index contributed by atoms with van der Waals surface area (Å²) in [6.07, 6.45) is 5.30. The van der Waals surface area contributed by atoms with Crippen molar-refractivity contribution in [3.63, 3.8) is 0 Å². The second-order valence-corrected chi connectivity index (χ2v) is 5.30. The molecule has 1 N–H and O–H groups in total. The van der Waals surface area contributed by atoms with Crippen LogP contribution in [0.2, 0.25) is 0 Å². The Morgan fingerprint density at radius 1 is 1.35 bits per heavy atom. The van der Waals surface area contributed by atoms with E-state index in [0.717, 1.165) is 31.8 Å². The zero-order valence-electron chi connectivity index (χ0n) is 12.6. The maximum Gasteiger partial charge on any atom is 0.262 e. The summed E-state index contributed by atoms with van der Waals surface area (Å²) >= 11 is 0. The van der Waals surface area contributed by atoms with E-state index >= 15 is 0 Å². The maximum absolute atomic E-state index is 12.0. The molecule has 1 aliphatic rings. The number of nitriles is 1. The lowest BCUT2D eigenvalue weighted by Gasteiger charge is -2.12. The van der Waals surface area contributed by atoms with Crippen LogP contribution in [0.25, 0.3) is 6.08 Å². The van der Waals surface area contributed by atoms with Crippen LogP contribution in [0.1, 0.15) is 24.4 Å². The molecule has 1 aliphatic heterocycles. The van der Waals surface area contributed by atoms with Crippen LogP contribution in [0.4, 0.5) is 5.88 Å². The first kappa shape index (κ1) is 15.0. The normalized spacial score (nSPS) is 14.7. The van der Waals surface area contributed by atoms with E-state index in [1.54, 1.807) is 18.2 Å². The number of rotatable bonds is 5. The number of carbonyl (C=O) groups is 1. The number of anilines is 1. The highest BCUT2D eigenvalue weighted by molar-refractivity contribution is 6.01. The lowest BCUT2D eigenvalue weighted by molar-refractivity contribution is -0.117. The lowest BCUT2D eigenvalue weighted by atomic mass is 10.2. The molecule has 1 amide bonds. The minimum atomic E-state index is -0.456. The van der Waals surface area contributed by atoms with Crippen molar-refractivity contribution in [3.05, 3.63) is 47.6 Å². The van der Waals surface area contributed by atoms with Gasteiger partial charge in [-0.05, 0) is 31.0 Å². The van der Waals surface area contributed by atoms with Gasteiger partial charge in [-0.3, -0.25) is 4.79 Å². The molecule has 0 unspecified atom stereocenters. The van der Waals surface area contributed by atoms with Crippen LogP contribution in [0.15, 0.2) is 44.9 Å². The van der Waals surface area contributed by atoms with Crippen LogP contribution in [-0.2, 0) is 11.3 Å². The van der Waals surface area contributed by atoms with Gasteiger partial charge in [-0.2, -0.15) is 5.26 Å². The van der Waals surface area contributed by atoms with Crippen LogP contribution >= 0.6 is 0 Å². The molecule has 0 aromatic carbocycles. The Hall–Kier alpha value is -2.94. The third-order valence-electron chi connectivity index (χ3n) is 3.69. The third-order valence-corrected chi connectivity index (χ3v) is 3.69. The predicted molar refractivity (Wildman–Crippen MR) is 84.3 cm³/mol. The fourth-order valence-corrected chi connectivity index (χ4v) is 2.49. The summed E-state index contributed by atoms with van der Waals surface area (Å²) in [6, 6.07) is 9.04. The second-order valence-electron chi connectivity index (χ2n) is 5.30. The first-order valence-electron chi connectivity index (χ1n) is 7.53. The Bertz CT molecular complexity index is 731. The molecule has 3 rings (SSSR count). The zero-order valence-corrected chi connectivity index (χ0v) is 12.6. The molecular formula is C17H17N3O3. The van der Waals surface area contributed by atoms with Gasteiger partial charge in [0.1, 0.15) is 23.2 Å². The Kier molecular flexibility index (Phi) is 4.48. The van der Waals surface area contributed by atoms with Crippen LogP contribution in [0.5, 0.6) is 0 Å². The van der Waals surface area contributed by atoms with Crippen molar-refractivity contribution in [2.24, 2.45) is 0 Å². The fraction of sp³-hybridized carbons (Fsp3) is 0.294. The van der Waals surface area contributed by atoms with Gasteiger partial charge in [0.05, 0.1) is 12.8 Å². The number of furan rings is 2. The molecule has 0 atom stereocenters. The molecule has 0 bridgehead atoms. The number of amides is 1. The smallest absolute Gasteiger partial charge is 0.262 e. The molecule has 2 aromatic heterocycles. The van der Waals surface area contributed by atoms with E-state index in [1.807, 2.05) is 12.1 Å². The highest BCUT2D eigenvalue weighted by Crippen LogP contribution is 2.24. The molecule has 6 nitrogen and oxygen atoms in total. The van der Waals surface area contributed by atoms with Crippen LogP contribution < -0.4 is 10.2 Å². The van der Waals surface area contributed by atoms with E-state index in [4.69, 9.17) is 8.83 Å². The molecule has 3 heterocycles. The van der Waals surface area contributed by atoms with Gasteiger partial charge < -0.3 is 19.1 Å². The van der Waals surface area contributed by atoms with Gasteiger partial charge in [0.2, 0.25) is 0 Å². The molecule has 0 saturated carbocycles. The monoisotopic (exact) mass is 311 g/mol. The van der Waals surface area contributed by atoms with Gasteiger partial charge in [-0.25, -0.2) is 0 Å². The topological polar surface area (TPSA) is 82.4 Å². The van der Waals surface area contributed by atoms with Gasteiger partial charge >= 0.3 is 0 Å². The summed E-state index contributed by atoms with van der Waals surface area (Å²) in [6.45, 7) is 2.19. The van der Waals surface area contributed by atoms with Gasteiger partial charge in [-0.1, -0.05) is 0 Å². The third kappa shape index (κ3) is 3.64. The summed E-state index contributed by atoms with van der Waals surface area (Å²) in [5, 5.41) is 11.8. The predicted octanol–water partition coefficient (Wildman–Crippen LogP) is 2.70. The first-order chi connectivity index (χ1) is 11.3. The number of nitrogens with zero attached hydrogens (tertiary/aromatic N) is 2. The van der Waals surface area contributed by atoms with Crippen LogP contribution in [-0.4, -0.2) is 19.0 Å². The lowest BCUT2D eigenvalue weighted by Crippen LogP contribution is -2.23. The highest BCUT2D eigenvalue weighted by Gasteiger charge is 2.16. The molecule has 0 aliphatic carbocycles. The molecule has 1 saturated heterocycles. The van der Waals surface area contributed by atoms with Crippen LogP contribution in [0, 0.1) is 11.3 Å². The Balaban J connectivity index is 1.66. The second kappa shape index (κ2) is 6.88. The standard InChI is InChI=1S/C17H17N3O3/c18-11-13(17(21)19-12-15-4-3-9-22-15)10-14-5-6-16(23-14)20-7-1-2-8-20/h3-6,9-10H,1-2,7-8,12H2,(H,19,21). The van der Waals surface area contributed by atoms with E-state index in [1.165, 1.54) is 12.3 Å². The van der Waals surface area contributed by atoms with Gasteiger partial charge in [0.15, 0.2) is 5.88 Å². The summed E-state index contributed by atoms with van der Waals surface area (Å²) in [4.78, 5) is 14.2. The van der Waals surface area contributed by atoms with Crippen molar-refractivity contribution in [1.29, 1.82) is 5.26 Å². The molecule has 23 heavy (non-hydrogen) atoms. The van der Waals surface area contributed by atoms with E-state index in [2.05, 4.69) is 10.2 Å². The number of carbonyl (C=O) groups excluding carboxylic acids is 1. The van der Waals surface area contributed by atoms with E-state index in [0.29, 0.717) is 11.5 Å². The average molecular weight is 311 g/mol. The van der Waals surface area contributed by atoms with Crippen molar-refractivity contribution in [1.82, 2.24) is 5.32 Å². The molecule has 1 fully saturated rings. The summed E-state index contributed by atoms with van der Waals surface area (Å²) in [7, 11) is 0. The quantitative estimate of drug-likeness (QED) is 0.678. The zero-order chi connectivity index (χ0) is 16.1. The minimum Gasteiger partial charge on any atom is -0.467 e. The highest BCUT2D eigenvalue weighted by atomic mass is 16.4. The Morgan fingerprint density at radius 3 is 2.87 bits per heavy atom. The van der Waals surface area contributed by atoms with Gasteiger partial charge in [0, 0.05) is 25.2 Å². The van der Waals surface area contributed by atoms with E-state index in [-0.39, 0.29) is 12.1 Å². The van der Waals surface area contributed by atoms with Crippen LogP contribution in [0.3, 0.4) is 0 Å². The minimum absolute atomic E-state index is 0.00104.